The molecule has 0 aromatic heterocycles. The Morgan fingerprint density at radius 3 is 2.00 bits per heavy atom. The van der Waals surface area contributed by atoms with Gasteiger partial charge in [-0.25, -0.2) is 16.8 Å². The van der Waals surface area contributed by atoms with Crippen LogP contribution in [0, 0.1) is 3.57 Å². The SMILES string of the molecule is CCC(NC(=O)CN(c1ccc(I)cc1)S(=O)(=O)c1ccccc1)c1ccc(S(C)(=O)=O)cc1. The van der Waals surface area contributed by atoms with Crippen LogP contribution in [0.25, 0.3) is 0 Å². The number of sulfone groups is 1. The first-order valence-electron chi connectivity index (χ1n) is 10.4. The van der Waals surface area contributed by atoms with E-state index < -0.39 is 38.4 Å². The molecule has 0 saturated carbocycles. The average molecular weight is 613 g/mol. The maximum absolute atomic E-state index is 13.4. The molecule has 0 aliphatic carbocycles. The average Bonchev–Trinajstić information content (AvgIpc) is 2.82. The maximum Gasteiger partial charge on any atom is 0.264 e. The lowest BCUT2D eigenvalue weighted by Crippen LogP contribution is -2.42. The minimum atomic E-state index is -3.99. The van der Waals surface area contributed by atoms with Crippen LogP contribution in [-0.4, -0.2) is 35.5 Å². The molecule has 7 nitrogen and oxygen atoms in total. The zero-order valence-corrected chi connectivity index (χ0v) is 22.5. The molecule has 1 unspecified atom stereocenters. The van der Waals surface area contributed by atoms with Gasteiger partial charge in [0.2, 0.25) is 5.91 Å². The van der Waals surface area contributed by atoms with Gasteiger partial charge in [0.25, 0.3) is 10.0 Å². The van der Waals surface area contributed by atoms with Gasteiger partial charge in [-0.3, -0.25) is 9.10 Å². The second-order valence-corrected chi connectivity index (χ2v) is 12.8. The van der Waals surface area contributed by atoms with E-state index in [2.05, 4.69) is 27.9 Å². The van der Waals surface area contributed by atoms with Gasteiger partial charge in [0.15, 0.2) is 9.84 Å². The Labute approximate surface area is 214 Å². The van der Waals surface area contributed by atoms with Crippen molar-refractivity contribution in [2.75, 3.05) is 17.1 Å². The van der Waals surface area contributed by atoms with Crippen LogP contribution in [0.5, 0.6) is 0 Å². The molecule has 10 heteroatoms. The first-order valence-corrected chi connectivity index (χ1v) is 14.9. The molecule has 3 aromatic carbocycles. The van der Waals surface area contributed by atoms with Crippen molar-refractivity contribution in [1.29, 1.82) is 0 Å². The number of rotatable bonds is 9. The second-order valence-electron chi connectivity index (χ2n) is 7.67. The van der Waals surface area contributed by atoms with Gasteiger partial charge in [0.05, 0.1) is 21.5 Å². The van der Waals surface area contributed by atoms with E-state index in [0.29, 0.717) is 12.1 Å². The van der Waals surface area contributed by atoms with Gasteiger partial charge in [-0.05, 0) is 83.1 Å². The van der Waals surface area contributed by atoms with Crippen molar-refractivity contribution in [1.82, 2.24) is 5.32 Å². The van der Waals surface area contributed by atoms with E-state index in [4.69, 9.17) is 0 Å². The van der Waals surface area contributed by atoms with E-state index in [1.165, 1.54) is 24.3 Å². The minimum absolute atomic E-state index is 0.0877. The number of anilines is 1. The fourth-order valence-corrected chi connectivity index (χ4v) is 5.81. The zero-order valence-electron chi connectivity index (χ0n) is 18.7. The first kappa shape index (κ1) is 26.2. The van der Waals surface area contributed by atoms with Gasteiger partial charge in [-0.2, -0.15) is 0 Å². The highest BCUT2D eigenvalue weighted by molar-refractivity contribution is 14.1. The number of carbonyl (C=O) groups is 1. The summed E-state index contributed by atoms with van der Waals surface area (Å²) in [6.07, 6.45) is 1.67. The van der Waals surface area contributed by atoms with Crippen LogP contribution in [0.1, 0.15) is 24.9 Å². The van der Waals surface area contributed by atoms with Crippen molar-refractivity contribution in [3.8, 4) is 0 Å². The molecular weight excluding hydrogens is 587 g/mol. The van der Waals surface area contributed by atoms with Crippen LogP contribution in [0.2, 0.25) is 0 Å². The molecular formula is C24H25IN2O5S2. The van der Waals surface area contributed by atoms with Crippen molar-refractivity contribution in [3.63, 3.8) is 0 Å². The van der Waals surface area contributed by atoms with Crippen molar-refractivity contribution in [3.05, 3.63) is 88.0 Å². The lowest BCUT2D eigenvalue weighted by atomic mass is 10.0. The number of benzene rings is 3. The van der Waals surface area contributed by atoms with Crippen LogP contribution in [0.4, 0.5) is 5.69 Å². The summed E-state index contributed by atoms with van der Waals surface area (Å²) >= 11 is 2.13. The monoisotopic (exact) mass is 612 g/mol. The number of hydrogen-bond acceptors (Lipinski definition) is 5. The van der Waals surface area contributed by atoms with E-state index >= 15 is 0 Å². The topological polar surface area (TPSA) is 101 Å². The summed E-state index contributed by atoms with van der Waals surface area (Å²) in [5, 5.41) is 2.88. The standard InChI is InChI=1S/C24H25IN2O5S2/c1-3-23(18-9-15-21(16-10-18)33(2,29)30)26-24(28)17-27(20-13-11-19(25)12-14-20)34(31,32)22-7-5-4-6-8-22/h4-16,23H,3,17H2,1-2H3,(H,26,28). The van der Waals surface area contributed by atoms with Gasteiger partial charge in [-0.15, -0.1) is 0 Å². The number of halogens is 1. The fraction of sp³-hybridized carbons (Fsp3) is 0.208. The summed E-state index contributed by atoms with van der Waals surface area (Å²) in [7, 11) is -7.32. The third kappa shape index (κ3) is 6.36. The smallest absolute Gasteiger partial charge is 0.264 e. The Morgan fingerprint density at radius 2 is 1.47 bits per heavy atom. The van der Waals surface area contributed by atoms with E-state index in [1.54, 1.807) is 54.6 Å². The molecule has 0 radical (unpaired) electrons. The Hall–Kier alpha value is -2.44. The lowest BCUT2D eigenvalue weighted by Gasteiger charge is -2.26. The highest BCUT2D eigenvalue weighted by atomic mass is 127. The number of nitrogens with zero attached hydrogens (tertiary/aromatic N) is 1. The van der Waals surface area contributed by atoms with Gasteiger partial charge < -0.3 is 5.32 Å². The summed E-state index contributed by atoms with van der Waals surface area (Å²) in [6, 6.07) is 20.8. The second kappa shape index (κ2) is 10.9. The quantitative estimate of drug-likeness (QED) is 0.366. The Bertz CT molecular complexity index is 1340. The number of hydrogen-bond donors (Lipinski definition) is 1. The molecule has 0 saturated heterocycles. The van der Waals surface area contributed by atoms with E-state index in [-0.39, 0.29) is 9.79 Å². The summed E-state index contributed by atoms with van der Waals surface area (Å²) in [6.45, 7) is 1.47. The number of sulfonamides is 1. The number of amides is 1. The van der Waals surface area contributed by atoms with E-state index in [1.807, 2.05) is 6.92 Å². The van der Waals surface area contributed by atoms with Gasteiger partial charge in [-0.1, -0.05) is 37.3 Å². The highest BCUT2D eigenvalue weighted by Crippen LogP contribution is 2.25. The third-order valence-electron chi connectivity index (χ3n) is 5.19. The van der Waals surface area contributed by atoms with Crippen LogP contribution in [-0.2, 0) is 24.7 Å². The summed E-state index contributed by atoms with van der Waals surface area (Å²) in [5.41, 5.74) is 1.11. The summed E-state index contributed by atoms with van der Waals surface area (Å²) in [5.74, 6) is -0.475. The largest absolute Gasteiger partial charge is 0.348 e. The van der Waals surface area contributed by atoms with Crippen LogP contribution < -0.4 is 9.62 Å². The van der Waals surface area contributed by atoms with Crippen molar-refractivity contribution in [2.24, 2.45) is 0 Å². The Morgan fingerprint density at radius 1 is 0.882 bits per heavy atom. The molecule has 0 bridgehead atoms. The third-order valence-corrected chi connectivity index (χ3v) is 8.82. The summed E-state index contributed by atoms with van der Waals surface area (Å²) < 4.78 is 52.3. The molecule has 1 amide bonds. The van der Waals surface area contributed by atoms with E-state index in [0.717, 1.165) is 19.7 Å². The highest BCUT2D eigenvalue weighted by Gasteiger charge is 2.28. The predicted molar refractivity (Wildman–Crippen MR) is 141 cm³/mol. The molecule has 0 spiro atoms. The molecule has 3 rings (SSSR count). The van der Waals surface area contributed by atoms with Crippen LogP contribution >= 0.6 is 22.6 Å². The number of nitrogens with one attached hydrogen (secondary N) is 1. The summed E-state index contributed by atoms with van der Waals surface area (Å²) in [4.78, 5) is 13.3. The zero-order chi connectivity index (χ0) is 24.9. The molecule has 0 fully saturated rings. The number of carbonyl (C=O) groups excluding carboxylic acids is 1. The van der Waals surface area contributed by atoms with E-state index in [9.17, 15) is 21.6 Å². The Balaban J connectivity index is 1.87. The molecule has 1 N–H and O–H groups in total. The predicted octanol–water partition coefficient (Wildman–Crippen LogP) is 4.16. The molecule has 180 valence electrons. The molecule has 0 heterocycles. The van der Waals surface area contributed by atoms with Crippen LogP contribution in [0.15, 0.2) is 88.7 Å². The van der Waals surface area contributed by atoms with Crippen molar-refractivity contribution >= 4 is 54.0 Å². The van der Waals surface area contributed by atoms with Gasteiger partial charge in [0, 0.05) is 9.83 Å². The molecule has 0 aliphatic heterocycles. The maximum atomic E-state index is 13.4. The lowest BCUT2D eigenvalue weighted by molar-refractivity contribution is -0.120. The van der Waals surface area contributed by atoms with Gasteiger partial charge >= 0.3 is 0 Å². The molecule has 0 aliphatic rings. The van der Waals surface area contributed by atoms with Crippen LogP contribution in [0.3, 0.4) is 0 Å². The molecule has 34 heavy (non-hydrogen) atoms. The molecule has 3 aromatic rings. The Kier molecular flexibility index (Phi) is 8.37. The fourth-order valence-electron chi connectivity index (χ4n) is 3.38. The van der Waals surface area contributed by atoms with Crippen molar-refractivity contribution < 1.29 is 21.6 Å². The minimum Gasteiger partial charge on any atom is -0.348 e. The first-order chi connectivity index (χ1) is 16.0. The van der Waals surface area contributed by atoms with Crippen molar-refractivity contribution in [2.45, 2.75) is 29.2 Å². The molecule has 1 atom stereocenters. The van der Waals surface area contributed by atoms with Gasteiger partial charge in [0.1, 0.15) is 6.54 Å². The normalized spacial score (nSPS) is 12.7.